The molecule has 0 bridgehead atoms. The van der Waals surface area contributed by atoms with Crippen LogP contribution < -0.4 is 0 Å². The van der Waals surface area contributed by atoms with Crippen LogP contribution in [0.2, 0.25) is 0 Å². The van der Waals surface area contributed by atoms with Crippen molar-refractivity contribution in [2.24, 2.45) is 5.92 Å². The highest BCUT2D eigenvalue weighted by molar-refractivity contribution is 5.84. The molecule has 0 spiro atoms. The molecule has 1 heteroatoms. The van der Waals surface area contributed by atoms with Gasteiger partial charge in [-0.05, 0) is 41.3 Å². The number of aryl methyl sites for hydroxylation is 1. The molecule has 1 aromatic carbocycles. The maximum absolute atomic E-state index is 3.36. The first kappa shape index (κ1) is 10.3. The molecule has 0 aliphatic carbocycles. The van der Waals surface area contributed by atoms with Gasteiger partial charge in [0, 0.05) is 11.7 Å². The summed E-state index contributed by atoms with van der Waals surface area (Å²) in [6.07, 6.45) is 2.03. The third-order valence-corrected chi connectivity index (χ3v) is 3.44. The molecule has 0 fully saturated rings. The summed E-state index contributed by atoms with van der Waals surface area (Å²) < 4.78 is 0. The number of hydrogen-bond donors (Lipinski definition) is 1. The van der Waals surface area contributed by atoms with Crippen LogP contribution in [-0.4, -0.2) is 4.98 Å². The van der Waals surface area contributed by atoms with Crippen molar-refractivity contribution < 1.29 is 0 Å². The molecule has 2 rings (SSSR count). The first-order valence-electron chi connectivity index (χ1n) is 5.68. The molecule has 1 heterocycles. The molecule has 0 radical (unpaired) electrons. The second kappa shape index (κ2) is 3.73. The first-order valence-corrected chi connectivity index (χ1v) is 5.68. The van der Waals surface area contributed by atoms with Gasteiger partial charge in [-0.15, -0.1) is 0 Å². The van der Waals surface area contributed by atoms with Gasteiger partial charge in [0.05, 0.1) is 0 Å². The highest BCUT2D eigenvalue weighted by atomic mass is 14.7. The zero-order valence-corrected chi connectivity index (χ0v) is 9.96. The lowest BCUT2D eigenvalue weighted by Gasteiger charge is -2.19. The highest BCUT2D eigenvalue weighted by Gasteiger charge is 2.15. The Balaban J connectivity index is 2.66. The number of hydrogen-bond acceptors (Lipinski definition) is 0. The van der Waals surface area contributed by atoms with Crippen LogP contribution >= 0.6 is 0 Å². The van der Waals surface area contributed by atoms with Crippen LogP contribution in [0.3, 0.4) is 0 Å². The van der Waals surface area contributed by atoms with E-state index in [-0.39, 0.29) is 0 Å². The van der Waals surface area contributed by atoms with Crippen LogP contribution in [0.4, 0.5) is 0 Å². The lowest BCUT2D eigenvalue weighted by molar-refractivity contribution is 0.535. The van der Waals surface area contributed by atoms with Gasteiger partial charge in [-0.1, -0.05) is 32.9 Å². The molecule has 0 aliphatic heterocycles. The molecule has 1 N–H and O–H groups in total. The fourth-order valence-corrected chi connectivity index (χ4v) is 2.18. The van der Waals surface area contributed by atoms with Crippen molar-refractivity contribution >= 4 is 10.9 Å². The summed E-state index contributed by atoms with van der Waals surface area (Å²) >= 11 is 0. The van der Waals surface area contributed by atoms with Crippen molar-refractivity contribution in [3.05, 3.63) is 35.5 Å². The van der Waals surface area contributed by atoms with Crippen molar-refractivity contribution in [1.29, 1.82) is 0 Å². The molecule has 0 aliphatic rings. The zero-order chi connectivity index (χ0) is 11.0. The predicted molar refractivity (Wildman–Crippen MR) is 66.3 cm³/mol. The lowest BCUT2D eigenvalue weighted by atomic mass is 9.86. The number of benzene rings is 1. The number of fused-ring (bicyclic) bond motifs is 1. The van der Waals surface area contributed by atoms with Gasteiger partial charge in [0.15, 0.2) is 0 Å². The third kappa shape index (κ3) is 1.67. The molecule has 15 heavy (non-hydrogen) atoms. The number of aromatic nitrogens is 1. The minimum Gasteiger partial charge on any atom is -0.361 e. The van der Waals surface area contributed by atoms with Crippen molar-refractivity contribution in [3.8, 4) is 0 Å². The van der Waals surface area contributed by atoms with Crippen LogP contribution in [0.25, 0.3) is 10.9 Å². The first-order chi connectivity index (χ1) is 7.11. The van der Waals surface area contributed by atoms with E-state index in [0.29, 0.717) is 11.8 Å². The van der Waals surface area contributed by atoms with E-state index >= 15 is 0 Å². The summed E-state index contributed by atoms with van der Waals surface area (Å²) in [6.45, 7) is 9.08. The van der Waals surface area contributed by atoms with Gasteiger partial charge in [-0.25, -0.2) is 0 Å². The van der Waals surface area contributed by atoms with Crippen molar-refractivity contribution in [3.63, 3.8) is 0 Å². The van der Waals surface area contributed by atoms with Crippen LogP contribution in [0.15, 0.2) is 24.4 Å². The molecule has 0 saturated carbocycles. The van der Waals surface area contributed by atoms with Crippen LogP contribution in [0, 0.1) is 12.8 Å². The van der Waals surface area contributed by atoms with Gasteiger partial charge in [-0.2, -0.15) is 0 Å². The number of rotatable bonds is 2. The number of nitrogens with one attached hydrogen (secondary N) is 1. The molecule has 1 unspecified atom stereocenters. The standard InChI is InChI=1S/C14H19N/c1-9(2)11(4)13-10(3)5-6-12-7-8-15-14(12)13/h5-9,11,15H,1-4H3. The van der Waals surface area contributed by atoms with Gasteiger partial charge >= 0.3 is 0 Å². The number of aromatic amines is 1. The Morgan fingerprint density at radius 1 is 1.07 bits per heavy atom. The van der Waals surface area contributed by atoms with Crippen molar-refractivity contribution in [2.45, 2.75) is 33.6 Å². The molecule has 0 amide bonds. The predicted octanol–water partition coefficient (Wildman–Crippen LogP) is 4.24. The van der Waals surface area contributed by atoms with Crippen LogP contribution in [0.5, 0.6) is 0 Å². The summed E-state index contributed by atoms with van der Waals surface area (Å²) in [5, 5.41) is 1.32. The SMILES string of the molecule is Cc1ccc2cc[nH]c2c1C(C)C(C)C. The Morgan fingerprint density at radius 2 is 1.80 bits per heavy atom. The van der Waals surface area contributed by atoms with E-state index in [9.17, 15) is 0 Å². The maximum Gasteiger partial charge on any atom is 0.0491 e. The largest absolute Gasteiger partial charge is 0.361 e. The Bertz CT molecular complexity index is 465. The molecule has 80 valence electrons. The molecule has 1 nitrogen and oxygen atoms in total. The second-order valence-corrected chi connectivity index (χ2v) is 4.77. The van der Waals surface area contributed by atoms with Gasteiger partial charge < -0.3 is 4.98 Å². The summed E-state index contributed by atoms with van der Waals surface area (Å²) in [7, 11) is 0. The van der Waals surface area contributed by atoms with Gasteiger partial charge in [0.2, 0.25) is 0 Å². The molecule has 2 aromatic rings. The van der Waals surface area contributed by atoms with Crippen molar-refractivity contribution in [2.75, 3.05) is 0 Å². The van der Waals surface area contributed by atoms with E-state index in [1.807, 2.05) is 6.20 Å². The summed E-state index contributed by atoms with van der Waals surface area (Å²) in [4.78, 5) is 3.36. The van der Waals surface area contributed by atoms with Crippen LogP contribution in [0.1, 0.15) is 37.8 Å². The Hall–Kier alpha value is -1.24. The van der Waals surface area contributed by atoms with Gasteiger partial charge in [0.25, 0.3) is 0 Å². The molecule has 0 saturated heterocycles. The average molecular weight is 201 g/mol. The van der Waals surface area contributed by atoms with E-state index < -0.39 is 0 Å². The Kier molecular flexibility index (Phi) is 2.56. The third-order valence-electron chi connectivity index (χ3n) is 3.44. The molecular formula is C14H19N. The maximum atomic E-state index is 3.36. The number of H-pyrrole nitrogens is 1. The second-order valence-electron chi connectivity index (χ2n) is 4.77. The van der Waals surface area contributed by atoms with Crippen molar-refractivity contribution in [1.82, 2.24) is 4.98 Å². The minimum atomic E-state index is 0.604. The summed E-state index contributed by atoms with van der Waals surface area (Å²) in [5.41, 5.74) is 4.19. The molecule has 1 aromatic heterocycles. The quantitative estimate of drug-likeness (QED) is 0.748. The normalized spacial score (nSPS) is 13.7. The zero-order valence-electron chi connectivity index (χ0n) is 9.96. The minimum absolute atomic E-state index is 0.604. The van der Waals surface area contributed by atoms with E-state index in [1.54, 1.807) is 0 Å². The van der Waals surface area contributed by atoms with E-state index in [0.717, 1.165) is 0 Å². The fourth-order valence-electron chi connectivity index (χ4n) is 2.18. The molecule has 1 atom stereocenters. The fraction of sp³-hybridized carbons (Fsp3) is 0.429. The van der Waals surface area contributed by atoms with E-state index in [1.165, 1.54) is 22.0 Å². The average Bonchev–Trinajstić information content (AvgIpc) is 2.64. The Morgan fingerprint density at radius 3 is 2.47 bits per heavy atom. The van der Waals surface area contributed by atoms with Crippen LogP contribution in [-0.2, 0) is 0 Å². The van der Waals surface area contributed by atoms with E-state index in [2.05, 4.69) is 50.9 Å². The van der Waals surface area contributed by atoms with E-state index in [4.69, 9.17) is 0 Å². The van der Waals surface area contributed by atoms with Gasteiger partial charge in [0.1, 0.15) is 0 Å². The Labute approximate surface area is 91.5 Å². The lowest BCUT2D eigenvalue weighted by Crippen LogP contribution is -2.04. The monoisotopic (exact) mass is 201 g/mol. The topological polar surface area (TPSA) is 15.8 Å². The summed E-state index contributed by atoms with van der Waals surface area (Å²) in [6, 6.07) is 6.56. The highest BCUT2D eigenvalue weighted by Crippen LogP contribution is 2.32. The smallest absolute Gasteiger partial charge is 0.0491 e. The summed E-state index contributed by atoms with van der Waals surface area (Å²) in [5.74, 6) is 1.28. The van der Waals surface area contributed by atoms with Gasteiger partial charge in [-0.3, -0.25) is 0 Å². The molecular weight excluding hydrogens is 182 g/mol.